The van der Waals surface area contributed by atoms with Crippen LogP contribution < -0.4 is 7.00 Å². The van der Waals surface area contributed by atoms with E-state index in [4.69, 9.17) is 4.55 Å². The molecule has 0 radical (unpaired) electrons. The molecule has 70 valence electrons. The van der Waals surface area contributed by atoms with Gasteiger partial charge in [0.15, 0.2) is 0 Å². The molecule has 0 bridgehead atoms. The Hall–Kier alpha value is -0.400. The number of hydrogen-bond donors (Lipinski definition) is 1. The van der Waals surface area contributed by atoms with Gasteiger partial charge in [-0.25, -0.2) is 0 Å². The van der Waals surface area contributed by atoms with Crippen molar-refractivity contribution in [1.29, 1.82) is 0 Å². The van der Waals surface area contributed by atoms with Gasteiger partial charge in [0.25, 0.3) is 0 Å². The predicted molar refractivity (Wildman–Crippen MR) is 49.4 cm³/mol. The molecule has 1 aromatic carbocycles. The van der Waals surface area contributed by atoms with Crippen LogP contribution in [0.1, 0.15) is 10.4 Å². The molecular formula is C7H5NaO5S. The molecule has 0 spiro atoms. The summed E-state index contributed by atoms with van der Waals surface area (Å²) in [5.74, 6) is -0.144. The van der Waals surface area contributed by atoms with Crippen LogP contribution in [0.4, 0.5) is 0 Å². The third-order valence-electron chi connectivity index (χ3n) is 1.49. The van der Waals surface area contributed by atoms with Crippen LogP contribution in [0.15, 0.2) is 18.2 Å². The van der Waals surface area contributed by atoms with Gasteiger partial charge in [0.05, 0.1) is 0 Å². The van der Waals surface area contributed by atoms with Crippen molar-refractivity contribution in [3.63, 3.8) is 0 Å². The fourth-order valence-corrected chi connectivity index (χ4v) is 1.72. The van der Waals surface area contributed by atoms with E-state index < -0.39 is 10.4 Å². The Morgan fingerprint density at radius 3 is 2.57 bits per heavy atom. The van der Waals surface area contributed by atoms with Gasteiger partial charge in [-0.1, -0.05) is 0 Å². The van der Waals surface area contributed by atoms with E-state index in [1.54, 1.807) is 6.07 Å². The maximum absolute atomic E-state index is 10.5. The van der Waals surface area contributed by atoms with E-state index in [1.165, 1.54) is 12.1 Å². The summed E-state index contributed by atoms with van der Waals surface area (Å²) in [6.07, 6.45) is 0.460. The van der Waals surface area contributed by atoms with Crippen molar-refractivity contribution in [1.82, 2.24) is 0 Å². The van der Waals surface area contributed by atoms with Gasteiger partial charge in [-0.15, -0.1) is 0 Å². The maximum atomic E-state index is 10.5. The van der Waals surface area contributed by atoms with Crippen LogP contribution in [0.2, 0.25) is 0 Å². The Morgan fingerprint density at radius 2 is 2.07 bits per heavy atom. The molecule has 0 atom stereocenters. The van der Waals surface area contributed by atoms with Crippen LogP contribution in [0.3, 0.4) is 0 Å². The average Bonchev–Trinajstić information content (AvgIpc) is 2.01. The molecule has 0 fully saturated rings. The first-order valence-corrected chi connectivity index (χ1v) is 6.01. The normalized spacial score (nSPS) is 11.1. The minimum absolute atomic E-state index is 0.0854. The molecule has 1 rings (SSSR count). The van der Waals surface area contributed by atoms with Crippen LogP contribution in [0.25, 0.3) is 0 Å². The zero-order chi connectivity index (χ0) is 10.8. The fourth-order valence-electron chi connectivity index (χ4n) is 0.925. The van der Waals surface area contributed by atoms with E-state index in [1.807, 2.05) is 0 Å². The van der Waals surface area contributed by atoms with Gasteiger partial charge in [0.1, 0.15) is 0 Å². The summed E-state index contributed by atoms with van der Waals surface area (Å²) in [6, 6.07) is 4.53. The third kappa shape index (κ3) is 3.39. The van der Waals surface area contributed by atoms with E-state index in [0.29, 0.717) is 34.2 Å². The van der Waals surface area contributed by atoms with Crippen LogP contribution in [-0.4, -0.2) is 47.2 Å². The molecule has 0 aliphatic carbocycles. The first kappa shape index (κ1) is 11.7. The second kappa shape index (κ2) is 4.41. The Labute approximate surface area is 98.4 Å². The van der Waals surface area contributed by atoms with E-state index in [2.05, 4.69) is 4.18 Å². The van der Waals surface area contributed by atoms with E-state index >= 15 is 0 Å². The Bertz CT molecular complexity index is 453. The second-order valence-corrected chi connectivity index (χ2v) is 4.85. The van der Waals surface area contributed by atoms with Gasteiger partial charge >= 0.3 is 98.9 Å². The average molecular weight is 224 g/mol. The van der Waals surface area contributed by atoms with Crippen molar-refractivity contribution < 1.29 is 21.9 Å². The molecule has 14 heavy (non-hydrogen) atoms. The Kier molecular flexibility index (Phi) is 3.68. The number of benzene rings is 1. The van der Waals surface area contributed by atoms with Gasteiger partial charge in [-0.2, -0.15) is 0 Å². The summed E-state index contributed by atoms with van der Waals surface area (Å²) in [6.45, 7) is 0. The minimum atomic E-state index is -4.57. The van der Waals surface area contributed by atoms with Crippen LogP contribution in [0.5, 0.6) is 5.75 Å². The summed E-state index contributed by atoms with van der Waals surface area (Å²) in [5, 5.41) is 0. The molecule has 0 saturated carbocycles. The first-order valence-electron chi connectivity index (χ1n) is 3.65. The molecule has 0 aliphatic rings. The quantitative estimate of drug-likeness (QED) is 0.424. The first-order chi connectivity index (χ1) is 6.42. The number of carbonyl (C=O) groups excluding carboxylic acids is 1. The zero-order valence-corrected chi connectivity index (χ0v) is 10.1. The van der Waals surface area contributed by atoms with Crippen LogP contribution in [0, 0.1) is 0 Å². The summed E-state index contributed by atoms with van der Waals surface area (Å²) in [4.78, 5) is 10.5. The summed E-state index contributed by atoms with van der Waals surface area (Å²) in [7, 11) is -4.57. The van der Waals surface area contributed by atoms with Crippen molar-refractivity contribution in [2.24, 2.45) is 0 Å². The molecular weight excluding hydrogens is 219 g/mol. The molecule has 0 saturated heterocycles. The number of aldehydes is 1. The van der Waals surface area contributed by atoms with E-state index in [-0.39, 0.29) is 11.3 Å². The summed E-state index contributed by atoms with van der Waals surface area (Å²) < 4.78 is 34.3. The molecule has 0 heterocycles. The molecule has 0 amide bonds. The standard InChI is InChI=1S/C7H5O5S.Na/c8-5-6-3-1-2-4-7(6)12-13(9,10)11;/h1,3-5H,(H,9,10,11);. The van der Waals surface area contributed by atoms with Gasteiger partial charge in [-0.05, 0) is 0 Å². The number of hydrogen-bond acceptors (Lipinski definition) is 4. The molecule has 0 aromatic heterocycles. The predicted octanol–water partition coefficient (Wildman–Crippen LogP) is -0.526. The van der Waals surface area contributed by atoms with E-state index in [0.717, 1.165) is 2.81 Å². The molecule has 1 aromatic rings. The van der Waals surface area contributed by atoms with Crippen molar-refractivity contribution >= 4 is 47.4 Å². The van der Waals surface area contributed by atoms with E-state index in [9.17, 15) is 13.2 Å². The fraction of sp³-hybridized carbons (Fsp3) is 0. The van der Waals surface area contributed by atoms with Gasteiger partial charge in [0, 0.05) is 0 Å². The topological polar surface area (TPSA) is 80.7 Å². The summed E-state index contributed by atoms with van der Waals surface area (Å²) in [5.41, 5.74) is 0.0854. The summed E-state index contributed by atoms with van der Waals surface area (Å²) >= 11 is 0.692. The second-order valence-electron chi connectivity index (χ2n) is 2.67. The van der Waals surface area contributed by atoms with Crippen molar-refractivity contribution in [3.05, 3.63) is 23.8 Å². The Balaban J connectivity index is 3.18. The van der Waals surface area contributed by atoms with Crippen molar-refractivity contribution in [2.45, 2.75) is 0 Å². The third-order valence-corrected chi connectivity index (χ3v) is 2.50. The number of rotatable bonds is 3. The van der Waals surface area contributed by atoms with Crippen LogP contribution >= 0.6 is 0 Å². The Morgan fingerprint density at radius 1 is 1.43 bits per heavy atom. The monoisotopic (exact) mass is 224 g/mol. The van der Waals surface area contributed by atoms with Crippen molar-refractivity contribution in [2.75, 3.05) is 0 Å². The van der Waals surface area contributed by atoms with Crippen molar-refractivity contribution in [3.8, 4) is 5.75 Å². The molecule has 0 unspecified atom stereocenters. The molecule has 5 nitrogen and oxygen atoms in total. The van der Waals surface area contributed by atoms with Gasteiger partial charge in [-0.3, -0.25) is 0 Å². The zero-order valence-electron chi connectivity index (χ0n) is 7.30. The SMILES string of the molecule is O=Cc1cc[c]([Na])cc1OS(=O)(=O)O. The molecule has 7 heteroatoms. The van der Waals surface area contributed by atoms with Crippen LogP contribution in [-0.2, 0) is 10.4 Å². The molecule has 1 N–H and O–H groups in total. The van der Waals surface area contributed by atoms with Gasteiger partial charge in [0.2, 0.25) is 0 Å². The van der Waals surface area contributed by atoms with Gasteiger partial charge < -0.3 is 0 Å². The number of carbonyl (C=O) groups is 1. The molecule has 0 aliphatic heterocycles.